The van der Waals surface area contributed by atoms with E-state index in [2.05, 4.69) is 77.4 Å². The van der Waals surface area contributed by atoms with Crippen LogP contribution in [0.5, 0.6) is 0 Å². The van der Waals surface area contributed by atoms with Crippen LogP contribution in [0.1, 0.15) is 0 Å². The van der Waals surface area contributed by atoms with E-state index in [-0.39, 0.29) is 0 Å². The average Bonchev–Trinajstić information content (AvgIpc) is 3.62. The van der Waals surface area contributed by atoms with Crippen molar-refractivity contribution in [1.82, 2.24) is 19.5 Å². The normalized spacial score (nSPS) is 11.5. The van der Waals surface area contributed by atoms with Gasteiger partial charge >= 0.3 is 0 Å². The molecule has 0 saturated carbocycles. The standard InChI is InChI=1S/C35H22N4S/c1-4-12-23(13-5-1)31-22-28-30(40-31)21-20-27-26-18-10-11-19-29(26)39(32(27)28)35-37-33(24-14-6-2-7-15-24)36-34(38-35)25-16-8-3-9-17-25/h1-22H. The van der Waals surface area contributed by atoms with Gasteiger partial charge in [0.05, 0.1) is 11.0 Å². The van der Waals surface area contributed by atoms with E-state index in [4.69, 9.17) is 15.0 Å². The summed E-state index contributed by atoms with van der Waals surface area (Å²) in [5.74, 6) is 1.91. The van der Waals surface area contributed by atoms with Gasteiger partial charge in [-0.15, -0.1) is 11.3 Å². The first-order valence-corrected chi connectivity index (χ1v) is 14.0. The van der Waals surface area contributed by atoms with Crippen LogP contribution < -0.4 is 0 Å². The Balaban J connectivity index is 1.47. The lowest BCUT2D eigenvalue weighted by atomic mass is 10.1. The average molecular weight is 531 g/mol. The fourth-order valence-electron chi connectivity index (χ4n) is 5.42. The summed E-state index contributed by atoms with van der Waals surface area (Å²) in [5.41, 5.74) is 5.31. The molecule has 188 valence electrons. The molecular weight excluding hydrogens is 508 g/mol. The number of hydrogen-bond donors (Lipinski definition) is 0. The summed E-state index contributed by atoms with van der Waals surface area (Å²) >= 11 is 1.81. The van der Waals surface area contributed by atoms with Crippen molar-refractivity contribution >= 4 is 43.2 Å². The van der Waals surface area contributed by atoms with Crippen molar-refractivity contribution in [3.8, 4) is 39.2 Å². The zero-order chi connectivity index (χ0) is 26.5. The summed E-state index contributed by atoms with van der Waals surface area (Å²) in [4.78, 5) is 16.3. The van der Waals surface area contributed by atoms with Gasteiger partial charge in [0.2, 0.25) is 5.95 Å². The van der Waals surface area contributed by atoms with Crippen LogP contribution in [0.3, 0.4) is 0 Å². The Hall–Kier alpha value is -5.13. The molecule has 8 rings (SSSR count). The molecule has 0 spiro atoms. The lowest BCUT2D eigenvalue weighted by Crippen LogP contribution is -2.06. The molecule has 0 saturated heterocycles. The molecule has 5 heteroatoms. The van der Waals surface area contributed by atoms with Crippen LogP contribution in [0.25, 0.3) is 71.1 Å². The molecule has 3 heterocycles. The van der Waals surface area contributed by atoms with Crippen LogP contribution in [0.2, 0.25) is 0 Å². The van der Waals surface area contributed by atoms with Crippen LogP contribution in [-0.4, -0.2) is 19.5 Å². The summed E-state index contributed by atoms with van der Waals surface area (Å²) in [6.45, 7) is 0. The van der Waals surface area contributed by atoms with E-state index in [1.807, 2.05) is 72.0 Å². The van der Waals surface area contributed by atoms with E-state index in [0.29, 0.717) is 17.6 Å². The highest BCUT2D eigenvalue weighted by molar-refractivity contribution is 7.22. The van der Waals surface area contributed by atoms with Crippen LogP contribution in [-0.2, 0) is 0 Å². The van der Waals surface area contributed by atoms with Gasteiger partial charge in [0.1, 0.15) is 0 Å². The molecule has 8 aromatic rings. The van der Waals surface area contributed by atoms with Crippen molar-refractivity contribution in [3.05, 3.63) is 133 Å². The summed E-state index contributed by atoms with van der Waals surface area (Å²) in [6, 6.07) is 46.1. The summed E-state index contributed by atoms with van der Waals surface area (Å²) in [5, 5.41) is 3.55. The lowest BCUT2D eigenvalue weighted by Gasteiger charge is -2.11. The number of hydrogen-bond acceptors (Lipinski definition) is 4. The number of aromatic nitrogens is 4. The van der Waals surface area contributed by atoms with Crippen molar-refractivity contribution in [2.45, 2.75) is 0 Å². The SMILES string of the molecule is c1ccc(-c2nc(-c3ccccc3)nc(-n3c4ccccc4c4ccc5sc(-c6ccccc6)cc5c43)n2)cc1. The van der Waals surface area contributed by atoms with Gasteiger partial charge < -0.3 is 0 Å². The summed E-state index contributed by atoms with van der Waals surface area (Å²) in [6.07, 6.45) is 0. The van der Waals surface area contributed by atoms with Crippen LogP contribution in [0.4, 0.5) is 0 Å². The molecule has 3 aromatic heterocycles. The van der Waals surface area contributed by atoms with E-state index in [0.717, 1.165) is 22.2 Å². The molecule has 0 radical (unpaired) electrons. The highest BCUT2D eigenvalue weighted by Gasteiger charge is 2.20. The van der Waals surface area contributed by atoms with Crippen LogP contribution in [0, 0.1) is 0 Å². The Morgan fingerprint density at radius 1 is 0.475 bits per heavy atom. The maximum absolute atomic E-state index is 5.09. The number of para-hydroxylation sites is 1. The molecule has 0 N–H and O–H groups in total. The minimum absolute atomic E-state index is 0.610. The quantitative estimate of drug-likeness (QED) is 0.228. The second-order valence-electron chi connectivity index (χ2n) is 9.72. The molecule has 0 unspecified atom stereocenters. The molecule has 4 nitrogen and oxygen atoms in total. The third-order valence-electron chi connectivity index (χ3n) is 7.28. The Bertz CT molecular complexity index is 2090. The molecule has 0 aliphatic rings. The number of thiophene rings is 1. The minimum atomic E-state index is 0.610. The maximum atomic E-state index is 5.09. The van der Waals surface area contributed by atoms with Gasteiger partial charge in [-0.05, 0) is 23.8 Å². The van der Waals surface area contributed by atoms with Gasteiger partial charge in [0.15, 0.2) is 11.6 Å². The highest BCUT2D eigenvalue weighted by atomic mass is 32.1. The summed E-state index contributed by atoms with van der Waals surface area (Å²) < 4.78 is 3.45. The number of fused-ring (bicyclic) bond motifs is 5. The molecule has 0 aliphatic carbocycles. The van der Waals surface area contributed by atoms with Gasteiger partial charge in [0, 0.05) is 36.9 Å². The van der Waals surface area contributed by atoms with Gasteiger partial charge in [-0.2, -0.15) is 9.97 Å². The van der Waals surface area contributed by atoms with Crippen molar-refractivity contribution < 1.29 is 0 Å². The van der Waals surface area contributed by atoms with Crippen molar-refractivity contribution in [2.24, 2.45) is 0 Å². The predicted molar refractivity (Wildman–Crippen MR) is 166 cm³/mol. The number of rotatable bonds is 4. The molecule has 0 atom stereocenters. The Kier molecular flexibility index (Phi) is 5.28. The van der Waals surface area contributed by atoms with Gasteiger partial charge in [-0.3, -0.25) is 4.57 Å². The zero-order valence-electron chi connectivity index (χ0n) is 21.4. The smallest absolute Gasteiger partial charge is 0.238 e. The first-order valence-electron chi connectivity index (χ1n) is 13.2. The van der Waals surface area contributed by atoms with E-state index in [1.165, 1.54) is 31.3 Å². The van der Waals surface area contributed by atoms with Crippen LogP contribution in [0.15, 0.2) is 133 Å². The predicted octanol–water partition coefficient (Wildman–Crippen LogP) is 9.18. The first-order chi connectivity index (χ1) is 19.8. The molecular formula is C35H22N4S. The zero-order valence-corrected chi connectivity index (χ0v) is 22.2. The Morgan fingerprint density at radius 3 is 1.70 bits per heavy atom. The van der Waals surface area contributed by atoms with E-state index < -0.39 is 0 Å². The van der Waals surface area contributed by atoms with Gasteiger partial charge in [-0.25, -0.2) is 4.98 Å². The van der Waals surface area contributed by atoms with E-state index in [9.17, 15) is 0 Å². The number of benzene rings is 5. The summed E-state index contributed by atoms with van der Waals surface area (Å²) in [7, 11) is 0. The molecule has 0 bridgehead atoms. The fraction of sp³-hybridized carbons (Fsp3) is 0. The maximum Gasteiger partial charge on any atom is 0.238 e. The van der Waals surface area contributed by atoms with Crippen molar-refractivity contribution in [1.29, 1.82) is 0 Å². The van der Waals surface area contributed by atoms with Crippen molar-refractivity contribution in [3.63, 3.8) is 0 Å². The largest absolute Gasteiger partial charge is 0.277 e. The minimum Gasteiger partial charge on any atom is -0.277 e. The van der Waals surface area contributed by atoms with E-state index in [1.54, 1.807) is 0 Å². The van der Waals surface area contributed by atoms with Gasteiger partial charge in [0.25, 0.3) is 0 Å². The first kappa shape index (κ1) is 22.8. The monoisotopic (exact) mass is 530 g/mol. The Labute approximate surface area is 234 Å². The molecule has 0 aliphatic heterocycles. The molecule has 0 fully saturated rings. The molecule has 40 heavy (non-hydrogen) atoms. The Morgan fingerprint density at radius 2 is 1.05 bits per heavy atom. The molecule has 0 amide bonds. The second kappa shape index (κ2) is 9.26. The van der Waals surface area contributed by atoms with Crippen LogP contribution >= 0.6 is 11.3 Å². The fourth-order valence-corrected chi connectivity index (χ4v) is 6.49. The number of nitrogens with zero attached hydrogens (tertiary/aromatic N) is 4. The van der Waals surface area contributed by atoms with Gasteiger partial charge in [-0.1, -0.05) is 115 Å². The van der Waals surface area contributed by atoms with Crippen molar-refractivity contribution in [2.75, 3.05) is 0 Å². The van der Waals surface area contributed by atoms with E-state index >= 15 is 0 Å². The third kappa shape index (κ3) is 3.71. The third-order valence-corrected chi connectivity index (χ3v) is 8.43. The second-order valence-corrected chi connectivity index (χ2v) is 10.8. The lowest BCUT2D eigenvalue weighted by molar-refractivity contribution is 0.955. The molecule has 5 aromatic carbocycles. The highest BCUT2D eigenvalue weighted by Crippen LogP contribution is 2.41. The topological polar surface area (TPSA) is 43.6 Å².